The number of aromatic nitrogens is 2. The first-order valence-corrected chi connectivity index (χ1v) is 9.65. The molecule has 0 spiro atoms. The van der Waals surface area contributed by atoms with E-state index < -0.39 is 0 Å². The van der Waals surface area contributed by atoms with Crippen LogP contribution in [0.25, 0.3) is 11.4 Å². The van der Waals surface area contributed by atoms with Crippen LogP contribution in [-0.2, 0) is 11.2 Å². The highest BCUT2D eigenvalue weighted by Gasteiger charge is 2.20. The number of amides is 1. The topological polar surface area (TPSA) is 90.2 Å². The van der Waals surface area contributed by atoms with Gasteiger partial charge in [0.25, 0.3) is 0 Å². The van der Waals surface area contributed by atoms with E-state index in [1.807, 2.05) is 4.90 Å². The maximum atomic E-state index is 12.3. The number of rotatable bonds is 8. The van der Waals surface area contributed by atoms with Crippen LogP contribution >= 0.6 is 0 Å². The molecule has 9 nitrogen and oxygen atoms in total. The van der Waals surface area contributed by atoms with Gasteiger partial charge in [-0.1, -0.05) is 5.16 Å². The number of ether oxygens (including phenoxy) is 3. The minimum Gasteiger partial charge on any atom is -0.493 e. The Kier molecular flexibility index (Phi) is 6.92. The van der Waals surface area contributed by atoms with Crippen LogP contribution in [0.15, 0.2) is 16.7 Å². The molecule has 0 saturated carbocycles. The zero-order valence-electron chi connectivity index (χ0n) is 17.4. The van der Waals surface area contributed by atoms with Crippen molar-refractivity contribution in [2.24, 2.45) is 0 Å². The summed E-state index contributed by atoms with van der Waals surface area (Å²) in [5.74, 6) is 2.66. The number of carbonyl (C=O) groups excluding carboxylic acids is 1. The van der Waals surface area contributed by atoms with Gasteiger partial charge < -0.3 is 28.5 Å². The number of aryl methyl sites for hydroxylation is 1. The lowest BCUT2D eigenvalue weighted by Crippen LogP contribution is -2.47. The van der Waals surface area contributed by atoms with Gasteiger partial charge in [0.05, 0.1) is 21.3 Å². The molecule has 1 saturated heterocycles. The molecule has 0 bridgehead atoms. The van der Waals surface area contributed by atoms with Crippen molar-refractivity contribution in [2.45, 2.75) is 19.3 Å². The first-order valence-electron chi connectivity index (χ1n) is 9.65. The summed E-state index contributed by atoms with van der Waals surface area (Å²) in [5, 5.41) is 4.05. The summed E-state index contributed by atoms with van der Waals surface area (Å²) in [7, 11) is 6.74. The number of likely N-dealkylation sites (N-methyl/N-ethyl adjacent to an activating group) is 1. The first-order chi connectivity index (χ1) is 14.0. The van der Waals surface area contributed by atoms with Gasteiger partial charge in [-0.2, -0.15) is 4.98 Å². The van der Waals surface area contributed by atoms with E-state index in [9.17, 15) is 4.79 Å². The average Bonchev–Trinajstić information content (AvgIpc) is 3.21. The standard InChI is InChI=1S/C20H28N4O5/c1-23-8-10-24(11-9-23)18(25)7-5-6-17-21-20(22-29-17)14-12-15(26-2)19(28-4)16(13-14)27-3/h12-13H,5-11H2,1-4H3. The quantitative estimate of drug-likeness (QED) is 0.659. The fourth-order valence-electron chi connectivity index (χ4n) is 3.29. The van der Waals surface area contributed by atoms with Crippen molar-refractivity contribution in [2.75, 3.05) is 54.6 Å². The number of hydrogen-bond donors (Lipinski definition) is 0. The van der Waals surface area contributed by atoms with E-state index in [1.165, 1.54) is 0 Å². The summed E-state index contributed by atoms with van der Waals surface area (Å²) in [5.41, 5.74) is 0.697. The molecule has 0 radical (unpaired) electrons. The fourth-order valence-corrected chi connectivity index (χ4v) is 3.29. The fraction of sp³-hybridized carbons (Fsp3) is 0.550. The van der Waals surface area contributed by atoms with E-state index in [0.29, 0.717) is 53.8 Å². The van der Waals surface area contributed by atoms with Crippen molar-refractivity contribution in [3.8, 4) is 28.6 Å². The second-order valence-electron chi connectivity index (χ2n) is 6.96. The van der Waals surface area contributed by atoms with Crippen LogP contribution in [0.5, 0.6) is 17.2 Å². The summed E-state index contributed by atoms with van der Waals surface area (Å²) in [6.07, 6.45) is 1.70. The third kappa shape index (κ3) is 4.97. The highest BCUT2D eigenvalue weighted by atomic mass is 16.5. The number of methoxy groups -OCH3 is 3. The van der Waals surface area contributed by atoms with E-state index in [0.717, 1.165) is 26.2 Å². The Bertz CT molecular complexity index is 805. The molecule has 0 aliphatic carbocycles. The van der Waals surface area contributed by atoms with Crippen LogP contribution in [0.2, 0.25) is 0 Å². The molecule has 1 fully saturated rings. The summed E-state index contributed by atoms with van der Waals surface area (Å²) < 4.78 is 21.4. The van der Waals surface area contributed by atoms with Crippen LogP contribution in [-0.4, -0.2) is 80.4 Å². The van der Waals surface area contributed by atoms with E-state index in [-0.39, 0.29) is 5.91 Å². The van der Waals surface area contributed by atoms with Gasteiger partial charge in [0, 0.05) is 44.6 Å². The van der Waals surface area contributed by atoms with Gasteiger partial charge in [0.1, 0.15) is 0 Å². The maximum absolute atomic E-state index is 12.3. The van der Waals surface area contributed by atoms with Crippen molar-refractivity contribution < 1.29 is 23.5 Å². The lowest BCUT2D eigenvalue weighted by molar-refractivity contribution is -0.132. The Morgan fingerprint density at radius 3 is 2.31 bits per heavy atom. The summed E-state index contributed by atoms with van der Waals surface area (Å²) in [4.78, 5) is 20.9. The van der Waals surface area contributed by atoms with Crippen LogP contribution in [0.4, 0.5) is 0 Å². The molecule has 9 heteroatoms. The first kappa shape index (κ1) is 20.9. The third-order valence-corrected chi connectivity index (χ3v) is 5.03. The molecule has 1 aromatic carbocycles. The van der Waals surface area contributed by atoms with E-state index in [2.05, 4.69) is 22.1 Å². The zero-order chi connectivity index (χ0) is 20.8. The summed E-state index contributed by atoms with van der Waals surface area (Å²) in [6, 6.07) is 3.54. The largest absolute Gasteiger partial charge is 0.493 e. The van der Waals surface area contributed by atoms with Gasteiger partial charge in [-0.3, -0.25) is 4.79 Å². The van der Waals surface area contributed by atoms with Gasteiger partial charge >= 0.3 is 0 Å². The molecular formula is C20H28N4O5. The highest BCUT2D eigenvalue weighted by molar-refractivity contribution is 5.76. The molecule has 0 N–H and O–H groups in total. The normalized spacial score (nSPS) is 14.7. The molecule has 3 rings (SSSR count). The van der Waals surface area contributed by atoms with E-state index in [4.69, 9.17) is 18.7 Å². The second-order valence-corrected chi connectivity index (χ2v) is 6.96. The lowest BCUT2D eigenvalue weighted by atomic mass is 10.1. The Balaban J connectivity index is 1.60. The molecule has 2 aromatic rings. The zero-order valence-corrected chi connectivity index (χ0v) is 17.4. The van der Waals surface area contributed by atoms with E-state index >= 15 is 0 Å². The molecular weight excluding hydrogens is 376 g/mol. The number of hydrogen-bond acceptors (Lipinski definition) is 8. The Hall–Kier alpha value is -2.81. The van der Waals surface area contributed by atoms with Crippen molar-refractivity contribution >= 4 is 5.91 Å². The molecule has 158 valence electrons. The third-order valence-electron chi connectivity index (χ3n) is 5.03. The minimum absolute atomic E-state index is 0.183. The van der Waals surface area contributed by atoms with Crippen LogP contribution in [0, 0.1) is 0 Å². The van der Waals surface area contributed by atoms with Crippen molar-refractivity contribution in [3.05, 3.63) is 18.0 Å². The van der Waals surface area contributed by atoms with Crippen LogP contribution < -0.4 is 14.2 Å². The minimum atomic E-state index is 0.183. The highest BCUT2D eigenvalue weighted by Crippen LogP contribution is 2.40. The predicted molar refractivity (Wildman–Crippen MR) is 106 cm³/mol. The van der Waals surface area contributed by atoms with Gasteiger partial charge in [-0.15, -0.1) is 0 Å². The molecule has 1 amide bonds. The van der Waals surface area contributed by atoms with E-state index in [1.54, 1.807) is 33.5 Å². The molecule has 29 heavy (non-hydrogen) atoms. The van der Waals surface area contributed by atoms with Gasteiger partial charge in [0.2, 0.25) is 23.4 Å². The van der Waals surface area contributed by atoms with Crippen molar-refractivity contribution in [1.82, 2.24) is 19.9 Å². The van der Waals surface area contributed by atoms with Gasteiger partial charge in [-0.05, 0) is 25.6 Å². The SMILES string of the molecule is COc1cc(-c2noc(CCCC(=O)N3CCN(C)CC3)n2)cc(OC)c1OC. The van der Waals surface area contributed by atoms with Crippen LogP contribution in [0.1, 0.15) is 18.7 Å². The smallest absolute Gasteiger partial charge is 0.226 e. The van der Waals surface area contributed by atoms with Crippen LogP contribution in [0.3, 0.4) is 0 Å². The van der Waals surface area contributed by atoms with Crippen molar-refractivity contribution in [3.63, 3.8) is 0 Å². The summed E-state index contributed by atoms with van der Waals surface area (Å²) >= 11 is 0. The molecule has 1 aliphatic heterocycles. The number of piperazine rings is 1. The Morgan fingerprint density at radius 2 is 1.72 bits per heavy atom. The van der Waals surface area contributed by atoms with Gasteiger partial charge in [0.15, 0.2) is 11.5 Å². The second kappa shape index (κ2) is 9.60. The summed E-state index contributed by atoms with van der Waals surface area (Å²) in [6.45, 7) is 3.43. The molecule has 0 unspecified atom stereocenters. The van der Waals surface area contributed by atoms with Gasteiger partial charge in [-0.25, -0.2) is 0 Å². The predicted octanol–water partition coefficient (Wildman–Crippen LogP) is 1.86. The number of benzene rings is 1. The molecule has 2 heterocycles. The Morgan fingerprint density at radius 1 is 1.07 bits per heavy atom. The number of nitrogens with zero attached hydrogens (tertiary/aromatic N) is 4. The number of carbonyl (C=O) groups is 1. The Labute approximate surface area is 170 Å². The maximum Gasteiger partial charge on any atom is 0.226 e. The molecule has 0 atom stereocenters. The van der Waals surface area contributed by atoms with Crippen molar-refractivity contribution in [1.29, 1.82) is 0 Å². The molecule has 1 aromatic heterocycles. The monoisotopic (exact) mass is 404 g/mol. The average molecular weight is 404 g/mol. The molecule has 1 aliphatic rings. The lowest BCUT2D eigenvalue weighted by Gasteiger charge is -2.32.